The second-order valence-electron chi connectivity index (χ2n) is 2.95. The zero-order valence-corrected chi connectivity index (χ0v) is 7.98. The third-order valence-electron chi connectivity index (χ3n) is 1.80. The van der Waals surface area contributed by atoms with Crippen molar-refractivity contribution in [1.82, 2.24) is 4.90 Å². The maximum atomic E-state index is 10.9. The molecule has 0 unspecified atom stereocenters. The molecule has 0 aliphatic rings. The minimum Gasteiger partial charge on any atom is -0.475 e. The molecule has 0 atom stereocenters. The van der Waals surface area contributed by atoms with E-state index in [1.807, 2.05) is 0 Å². The Balaban J connectivity index is 2.69. The summed E-state index contributed by atoms with van der Waals surface area (Å²) in [6.07, 6.45) is 0. The Morgan fingerprint density at radius 2 is 2.14 bits per heavy atom. The number of aromatic carboxylic acids is 1. The van der Waals surface area contributed by atoms with Gasteiger partial charge in [-0.3, -0.25) is 4.79 Å². The molecule has 76 valence electrons. The second kappa shape index (κ2) is 3.95. The highest BCUT2D eigenvalue weighted by molar-refractivity contribution is 5.84. The van der Waals surface area contributed by atoms with E-state index < -0.39 is 5.97 Å². The van der Waals surface area contributed by atoms with Gasteiger partial charge in [-0.05, 0) is 12.1 Å². The van der Waals surface area contributed by atoms with Gasteiger partial charge in [0.05, 0.1) is 6.54 Å². The molecule has 1 rings (SSSR count). The largest absolute Gasteiger partial charge is 0.475 e. The van der Waals surface area contributed by atoms with Crippen LogP contribution in [-0.2, 0) is 11.3 Å². The average Bonchev–Trinajstić information content (AvgIpc) is 2.52. The van der Waals surface area contributed by atoms with Crippen LogP contribution in [-0.4, -0.2) is 28.9 Å². The van der Waals surface area contributed by atoms with Crippen molar-refractivity contribution in [2.24, 2.45) is 0 Å². The summed E-state index contributed by atoms with van der Waals surface area (Å²) >= 11 is 0. The number of nitrogens with zero attached hydrogens (tertiary/aromatic N) is 1. The highest BCUT2D eigenvalue weighted by atomic mass is 16.4. The Hall–Kier alpha value is -1.78. The van der Waals surface area contributed by atoms with Crippen molar-refractivity contribution in [1.29, 1.82) is 0 Å². The highest BCUT2D eigenvalue weighted by Gasteiger charge is 2.11. The van der Waals surface area contributed by atoms with Crippen molar-refractivity contribution in [3.63, 3.8) is 0 Å². The first-order valence-corrected chi connectivity index (χ1v) is 4.04. The van der Waals surface area contributed by atoms with E-state index in [1.54, 1.807) is 13.1 Å². The Morgan fingerprint density at radius 1 is 1.50 bits per heavy atom. The molecule has 0 radical (unpaired) electrons. The first-order valence-electron chi connectivity index (χ1n) is 4.04. The number of carboxylic acid groups (broad SMARTS) is 1. The lowest BCUT2D eigenvalue weighted by atomic mass is 10.4. The van der Waals surface area contributed by atoms with Gasteiger partial charge in [0.15, 0.2) is 0 Å². The summed E-state index contributed by atoms with van der Waals surface area (Å²) < 4.78 is 4.97. The average molecular weight is 197 g/mol. The topological polar surface area (TPSA) is 70.8 Å². The first-order chi connectivity index (χ1) is 6.50. The van der Waals surface area contributed by atoms with Crippen LogP contribution in [0.25, 0.3) is 0 Å². The monoisotopic (exact) mass is 197 g/mol. The van der Waals surface area contributed by atoms with E-state index in [1.165, 1.54) is 17.9 Å². The van der Waals surface area contributed by atoms with Crippen molar-refractivity contribution in [2.45, 2.75) is 13.5 Å². The van der Waals surface area contributed by atoms with Crippen molar-refractivity contribution >= 4 is 11.9 Å². The fourth-order valence-electron chi connectivity index (χ4n) is 0.923. The molecule has 1 aromatic rings. The van der Waals surface area contributed by atoms with Crippen molar-refractivity contribution in [2.75, 3.05) is 7.05 Å². The summed E-state index contributed by atoms with van der Waals surface area (Å²) in [6, 6.07) is 2.91. The third-order valence-corrected chi connectivity index (χ3v) is 1.80. The van der Waals surface area contributed by atoms with Crippen molar-refractivity contribution < 1.29 is 19.1 Å². The molecule has 5 heteroatoms. The Labute approximate surface area is 80.9 Å². The predicted octanol–water partition coefficient (Wildman–Crippen LogP) is 0.956. The first kappa shape index (κ1) is 10.3. The molecule has 0 fully saturated rings. The molecule has 0 aromatic carbocycles. The zero-order chi connectivity index (χ0) is 10.7. The van der Waals surface area contributed by atoms with Crippen molar-refractivity contribution in [3.05, 3.63) is 23.7 Å². The van der Waals surface area contributed by atoms with E-state index in [-0.39, 0.29) is 18.2 Å². The van der Waals surface area contributed by atoms with Crippen LogP contribution in [0.2, 0.25) is 0 Å². The molecular formula is C9H11NO4. The van der Waals surface area contributed by atoms with Gasteiger partial charge in [-0.25, -0.2) is 4.79 Å². The van der Waals surface area contributed by atoms with Gasteiger partial charge in [0, 0.05) is 14.0 Å². The number of carboxylic acids is 1. The van der Waals surface area contributed by atoms with Crippen LogP contribution in [0.5, 0.6) is 0 Å². The molecule has 14 heavy (non-hydrogen) atoms. The fourth-order valence-corrected chi connectivity index (χ4v) is 0.923. The molecule has 0 saturated carbocycles. The van der Waals surface area contributed by atoms with Crippen LogP contribution in [0, 0.1) is 0 Å². The lowest BCUT2D eigenvalue weighted by Gasteiger charge is -2.11. The van der Waals surface area contributed by atoms with E-state index in [4.69, 9.17) is 9.52 Å². The summed E-state index contributed by atoms with van der Waals surface area (Å²) in [5.41, 5.74) is 0. The smallest absolute Gasteiger partial charge is 0.371 e. The molecule has 5 nitrogen and oxygen atoms in total. The Bertz CT molecular complexity index is 355. The SMILES string of the molecule is CC(=O)N(C)Cc1ccc(C(=O)O)o1. The lowest BCUT2D eigenvalue weighted by molar-refractivity contribution is -0.128. The van der Waals surface area contributed by atoms with Gasteiger partial charge in [0.25, 0.3) is 0 Å². The van der Waals surface area contributed by atoms with Gasteiger partial charge >= 0.3 is 5.97 Å². The van der Waals surface area contributed by atoms with Gasteiger partial charge in [-0.1, -0.05) is 0 Å². The van der Waals surface area contributed by atoms with Crippen LogP contribution in [0.3, 0.4) is 0 Å². The normalized spacial score (nSPS) is 9.86. The maximum absolute atomic E-state index is 10.9. The summed E-state index contributed by atoms with van der Waals surface area (Å²) in [5.74, 6) is -0.864. The van der Waals surface area contributed by atoms with Crippen LogP contribution >= 0.6 is 0 Å². The zero-order valence-electron chi connectivity index (χ0n) is 7.98. The number of carbonyl (C=O) groups excluding carboxylic acids is 1. The number of amides is 1. The van der Waals surface area contributed by atoms with Gasteiger partial charge in [-0.15, -0.1) is 0 Å². The Kier molecular flexibility index (Phi) is 2.91. The molecule has 0 saturated heterocycles. The standard InChI is InChI=1S/C9H11NO4/c1-6(11)10(2)5-7-3-4-8(14-7)9(12)13/h3-4H,5H2,1-2H3,(H,12,13). The lowest BCUT2D eigenvalue weighted by Crippen LogP contribution is -2.22. The quantitative estimate of drug-likeness (QED) is 0.783. The number of rotatable bonds is 3. The minimum absolute atomic E-state index is 0.0988. The number of carbonyl (C=O) groups is 2. The molecule has 0 bridgehead atoms. The van der Waals surface area contributed by atoms with Crippen LogP contribution in [0.4, 0.5) is 0 Å². The van der Waals surface area contributed by atoms with Gasteiger partial charge in [0.1, 0.15) is 5.76 Å². The molecule has 0 aliphatic heterocycles. The molecule has 0 aliphatic carbocycles. The number of hydrogen-bond donors (Lipinski definition) is 1. The van der Waals surface area contributed by atoms with Gasteiger partial charge in [0.2, 0.25) is 11.7 Å². The van der Waals surface area contributed by atoms with Crippen molar-refractivity contribution in [3.8, 4) is 0 Å². The van der Waals surface area contributed by atoms with Crippen LogP contribution < -0.4 is 0 Å². The van der Waals surface area contributed by atoms with E-state index in [2.05, 4.69) is 0 Å². The Morgan fingerprint density at radius 3 is 2.57 bits per heavy atom. The van der Waals surface area contributed by atoms with Crippen LogP contribution in [0.15, 0.2) is 16.5 Å². The van der Waals surface area contributed by atoms with E-state index >= 15 is 0 Å². The van der Waals surface area contributed by atoms with Crippen LogP contribution in [0.1, 0.15) is 23.2 Å². The maximum Gasteiger partial charge on any atom is 0.371 e. The molecule has 1 heterocycles. The third kappa shape index (κ3) is 2.35. The van der Waals surface area contributed by atoms with E-state index in [0.29, 0.717) is 5.76 Å². The minimum atomic E-state index is -1.11. The molecule has 1 amide bonds. The van der Waals surface area contributed by atoms with Gasteiger partial charge in [-0.2, -0.15) is 0 Å². The van der Waals surface area contributed by atoms with E-state index in [9.17, 15) is 9.59 Å². The molecular weight excluding hydrogens is 186 g/mol. The summed E-state index contributed by atoms with van der Waals surface area (Å²) in [4.78, 5) is 22.8. The summed E-state index contributed by atoms with van der Waals surface area (Å²) in [7, 11) is 1.62. The summed E-state index contributed by atoms with van der Waals surface area (Å²) in [5, 5.41) is 8.57. The van der Waals surface area contributed by atoms with E-state index in [0.717, 1.165) is 0 Å². The molecule has 0 spiro atoms. The highest BCUT2D eigenvalue weighted by Crippen LogP contribution is 2.09. The number of hydrogen-bond acceptors (Lipinski definition) is 3. The molecule has 1 N–H and O–H groups in total. The predicted molar refractivity (Wildman–Crippen MR) is 47.8 cm³/mol. The number of furan rings is 1. The molecule has 1 aromatic heterocycles. The van der Waals surface area contributed by atoms with Gasteiger partial charge < -0.3 is 14.4 Å². The summed E-state index contributed by atoms with van der Waals surface area (Å²) in [6.45, 7) is 1.71. The second-order valence-corrected chi connectivity index (χ2v) is 2.95. The fraction of sp³-hybridized carbons (Fsp3) is 0.333.